The Morgan fingerprint density at radius 3 is 2.47 bits per heavy atom. The number of benzene rings is 1. The van der Waals surface area contributed by atoms with Crippen molar-refractivity contribution in [2.75, 3.05) is 13.6 Å². The van der Waals surface area contributed by atoms with Crippen LogP contribution < -0.4 is 5.32 Å². The van der Waals surface area contributed by atoms with Gasteiger partial charge in [-0.15, -0.1) is 0 Å². The van der Waals surface area contributed by atoms with Gasteiger partial charge in [-0.1, -0.05) is 6.07 Å². The van der Waals surface area contributed by atoms with Crippen LogP contribution in [0.1, 0.15) is 31.1 Å². The van der Waals surface area contributed by atoms with E-state index in [-0.39, 0.29) is 23.9 Å². The molecule has 0 aromatic heterocycles. The van der Waals surface area contributed by atoms with Gasteiger partial charge in [-0.25, -0.2) is 0 Å². The van der Waals surface area contributed by atoms with Gasteiger partial charge in [0.1, 0.15) is 0 Å². The van der Waals surface area contributed by atoms with Crippen LogP contribution >= 0.6 is 22.6 Å². The van der Waals surface area contributed by atoms with Gasteiger partial charge in [0.15, 0.2) is 0 Å². The first-order valence-electron chi connectivity index (χ1n) is 6.01. The molecule has 0 saturated carbocycles. The van der Waals surface area contributed by atoms with E-state index in [1.807, 2.05) is 32.9 Å². The number of likely N-dealkylation sites (N-methyl/N-ethyl adjacent to an activating group) is 1. The first-order chi connectivity index (χ1) is 8.69. The van der Waals surface area contributed by atoms with Crippen molar-refractivity contribution in [2.24, 2.45) is 0 Å². The summed E-state index contributed by atoms with van der Waals surface area (Å²) in [6.07, 6.45) is 0. The molecule has 0 saturated heterocycles. The van der Waals surface area contributed by atoms with Crippen LogP contribution in [0.4, 0.5) is 0 Å². The molecule has 0 heterocycles. The zero-order chi connectivity index (χ0) is 14.6. The molecule has 1 N–H and O–H groups in total. The van der Waals surface area contributed by atoms with Crippen molar-refractivity contribution in [1.82, 2.24) is 10.2 Å². The van der Waals surface area contributed by atoms with Crippen LogP contribution in [0.3, 0.4) is 0 Å². The summed E-state index contributed by atoms with van der Waals surface area (Å²) in [7, 11) is 1.63. The van der Waals surface area contributed by atoms with Gasteiger partial charge in [0, 0.05) is 21.7 Å². The van der Waals surface area contributed by atoms with E-state index in [4.69, 9.17) is 0 Å². The van der Waals surface area contributed by atoms with Gasteiger partial charge in [-0.2, -0.15) is 0 Å². The zero-order valence-electron chi connectivity index (χ0n) is 11.7. The molecular formula is C14H19IN2O2. The van der Waals surface area contributed by atoms with E-state index < -0.39 is 0 Å². The monoisotopic (exact) mass is 374 g/mol. The fourth-order valence-corrected chi connectivity index (χ4v) is 2.13. The predicted octanol–water partition coefficient (Wildman–Crippen LogP) is 2.28. The minimum absolute atomic E-state index is 0.0571. The molecule has 2 amide bonds. The van der Waals surface area contributed by atoms with Crippen molar-refractivity contribution in [1.29, 1.82) is 0 Å². The molecule has 4 nitrogen and oxygen atoms in total. The highest BCUT2D eigenvalue weighted by Crippen LogP contribution is 2.09. The van der Waals surface area contributed by atoms with Crippen molar-refractivity contribution in [3.05, 3.63) is 33.4 Å². The Morgan fingerprint density at radius 1 is 1.32 bits per heavy atom. The Hall–Kier alpha value is -1.11. The van der Waals surface area contributed by atoms with Crippen molar-refractivity contribution >= 4 is 34.4 Å². The summed E-state index contributed by atoms with van der Waals surface area (Å²) < 4.78 is 0.996. The Labute approximate surface area is 127 Å². The number of hydrogen-bond acceptors (Lipinski definition) is 2. The highest BCUT2D eigenvalue weighted by molar-refractivity contribution is 14.1. The first kappa shape index (κ1) is 15.9. The Morgan fingerprint density at radius 2 is 1.95 bits per heavy atom. The summed E-state index contributed by atoms with van der Waals surface area (Å²) in [6.45, 7) is 5.78. The lowest BCUT2D eigenvalue weighted by Crippen LogP contribution is -2.46. The van der Waals surface area contributed by atoms with Gasteiger partial charge < -0.3 is 10.2 Å². The molecular weight excluding hydrogens is 355 g/mol. The van der Waals surface area contributed by atoms with E-state index in [0.717, 1.165) is 3.57 Å². The van der Waals surface area contributed by atoms with Crippen LogP contribution in [0.25, 0.3) is 0 Å². The molecule has 0 unspecified atom stereocenters. The number of nitrogens with zero attached hydrogens (tertiary/aromatic N) is 1. The maximum atomic E-state index is 12.1. The second-order valence-corrected chi connectivity index (χ2v) is 6.72. The summed E-state index contributed by atoms with van der Waals surface area (Å²) in [5.74, 6) is -0.309. The Balaban J connectivity index is 2.66. The maximum Gasteiger partial charge on any atom is 0.254 e. The summed E-state index contributed by atoms with van der Waals surface area (Å²) in [6, 6.07) is 7.31. The molecule has 0 spiro atoms. The van der Waals surface area contributed by atoms with Crippen LogP contribution in [0.2, 0.25) is 0 Å². The molecule has 0 aliphatic rings. The van der Waals surface area contributed by atoms with Gasteiger partial charge in [0.2, 0.25) is 5.91 Å². The van der Waals surface area contributed by atoms with Crippen LogP contribution in [-0.4, -0.2) is 35.8 Å². The smallest absolute Gasteiger partial charge is 0.254 e. The van der Waals surface area contributed by atoms with Gasteiger partial charge in [-0.05, 0) is 61.6 Å². The number of carbonyl (C=O) groups is 2. The number of amides is 2. The van der Waals surface area contributed by atoms with E-state index in [1.54, 1.807) is 19.2 Å². The van der Waals surface area contributed by atoms with Crippen LogP contribution in [0.5, 0.6) is 0 Å². The fourth-order valence-electron chi connectivity index (χ4n) is 1.59. The highest BCUT2D eigenvalue weighted by atomic mass is 127. The number of nitrogens with one attached hydrogen (secondary N) is 1. The summed E-state index contributed by atoms with van der Waals surface area (Å²) in [4.78, 5) is 25.3. The van der Waals surface area contributed by atoms with E-state index >= 15 is 0 Å². The SMILES string of the molecule is CN(CC(=O)NC(C)(C)C)C(=O)c1cccc(I)c1. The quantitative estimate of drug-likeness (QED) is 0.826. The lowest BCUT2D eigenvalue weighted by molar-refractivity contribution is -0.122. The number of hydrogen-bond donors (Lipinski definition) is 1. The molecule has 104 valence electrons. The van der Waals surface area contributed by atoms with Crippen molar-refractivity contribution in [3.63, 3.8) is 0 Å². The Bertz CT molecular complexity index is 481. The lowest BCUT2D eigenvalue weighted by atomic mass is 10.1. The third kappa shape index (κ3) is 5.59. The van der Waals surface area contributed by atoms with Crippen molar-refractivity contribution < 1.29 is 9.59 Å². The van der Waals surface area contributed by atoms with Crippen molar-refractivity contribution in [3.8, 4) is 0 Å². The van der Waals surface area contributed by atoms with E-state index in [9.17, 15) is 9.59 Å². The molecule has 1 aromatic rings. The van der Waals surface area contributed by atoms with E-state index in [2.05, 4.69) is 27.9 Å². The van der Waals surface area contributed by atoms with Gasteiger partial charge in [0.25, 0.3) is 5.91 Å². The molecule has 19 heavy (non-hydrogen) atoms. The van der Waals surface area contributed by atoms with Crippen LogP contribution in [-0.2, 0) is 4.79 Å². The third-order valence-electron chi connectivity index (χ3n) is 2.31. The predicted molar refractivity (Wildman–Crippen MR) is 84.0 cm³/mol. The molecule has 5 heteroatoms. The molecule has 0 fully saturated rings. The van der Waals surface area contributed by atoms with Crippen LogP contribution in [0, 0.1) is 3.57 Å². The molecule has 0 aliphatic carbocycles. The molecule has 1 rings (SSSR count). The van der Waals surface area contributed by atoms with E-state index in [0.29, 0.717) is 5.56 Å². The average Bonchev–Trinajstić information content (AvgIpc) is 2.25. The van der Waals surface area contributed by atoms with Crippen molar-refractivity contribution in [2.45, 2.75) is 26.3 Å². The van der Waals surface area contributed by atoms with E-state index in [1.165, 1.54) is 4.90 Å². The normalized spacial score (nSPS) is 11.0. The number of carbonyl (C=O) groups excluding carboxylic acids is 2. The minimum Gasteiger partial charge on any atom is -0.350 e. The van der Waals surface area contributed by atoms with Gasteiger partial charge in [-0.3, -0.25) is 9.59 Å². The number of rotatable bonds is 3. The van der Waals surface area contributed by atoms with Gasteiger partial charge >= 0.3 is 0 Å². The lowest BCUT2D eigenvalue weighted by Gasteiger charge is -2.23. The molecule has 1 aromatic carbocycles. The first-order valence-corrected chi connectivity index (χ1v) is 7.09. The summed E-state index contributed by atoms with van der Waals surface area (Å²) >= 11 is 2.16. The topological polar surface area (TPSA) is 49.4 Å². The zero-order valence-corrected chi connectivity index (χ0v) is 13.8. The molecule has 0 radical (unpaired) electrons. The molecule has 0 bridgehead atoms. The molecule has 0 aliphatic heterocycles. The summed E-state index contributed by atoms with van der Waals surface area (Å²) in [5, 5.41) is 2.83. The summed E-state index contributed by atoms with van der Waals surface area (Å²) in [5.41, 5.74) is 0.307. The maximum absolute atomic E-state index is 12.1. The third-order valence-corrected chi connectivity index (χ3v) is 2.98. The molecule has 0 atom stereocenters. The minimum atomic E-state index is -0.289. The average molecular weight is 374 g/mol. The van der Waals surface area contributed by atoms with Gasteiger partial charge in [0.05, 0.1) is 6.54 Å². The van der Waals surface area contributed by atoms with Crippen LogP contribution in [0.15, 0.2) is 24.3 Å². The Kier molecular flexibility index (Phi) is 5.34. The second-order valence-electron chi connectivity index (χ2n) is 5.47. The standard InChI is InChI=1S/C14H19IN2O2/c1-14(2,3)16-12(18)9-17(4)13(19)10-6-5-7-11(15)8-10/h5-8H,9H2,1-4H3,(H,16,18). The number of halogens is 1. The highest BCUT2D eigenvalue weighted by Gasteiger charge is 2.18. The second kappa shape index (κ2) is 6.36. The largest absolute Gasteiger partial charge is 0.350 e. The fraction of sp³-hybridized carbons (Fsp3) is 0.429.